The lowest BCUT2D eigenvalue weighted by atomic mass is 9.91. The van der Waals surface area contributed by atoms with Crippen LogP contribution >= 0.6 is 0 Å². The summed E-state index contributed by atoms with van der Waals surface area (Å²) in [6, 6.07) is 5.42. The van der Waals surface area contributed by atoms with Crippen molar-refractivity contribution in [1.82, 2.24) is 4.98 Å². The molecule has 0 radical (unpaired) electrons. The Labute approximate surface area is 162 Å². The van der Waals surface area contributed by atoms with Gasteiger partial charge in [-0.2, -0.15) is 0 Å². The Kier molecular flexibility index (Phi) is 4.69. The van der Waals surface area contributed by atoms with Crippen LogP contribution in [0.25, 0.3) is 0 Å². The van der Waals surface area contributed by atoms with Gasteiger partial charge < -0.3 is 9.47 Å². The van der Waals surface area contributed by atoms with Gasteiger partial charge in [0.1, 0.15) is 29.0 Å². The number of hydrogen-bond donors (Lipinski definition) is 0. The van der Waals surface area contributed by atoms with Crippen molar-refractivity contribution in [3.05, 3.63) is 47.2 Å². The van der Waals surface area contributed by atoms with Crippen LogP contribution in [0.2, 0.25) is 0 Å². The Hall–Kier alpha value is -2.70. The summed E-state index contributed by atoms with van der Waals surface area (Å²) < 4.78 is 39.5. The fourth-order valence-electron chi connectivity index (χ4n) is 3.92. The molecule has 1 aliphatic heterocycles. The fourth-order valence-corrected chi connectivity index (χ4v) is 3.92. The molecule has 1 aliphatic carbocycles. The van der Waals surface area contributed by atoms with Gasteiger partial charge in [0.15, 0.2) is 0 Å². The molecule has 28 heavy (non-hydrogen) atoms. The highest BCUT2D eigenvalue weighted by Crippen LogP contribution is 2.43. The molecular formula is C21H22F2N2O3. The third-order valence-electron chi connectivity index (χ3n) is 5.60. The van der Waals surface area contributed by atoms with Crippen molar-refractivity contribution in [3.8, 4) is 11.5 Å². The van der Waals surface area contributed by atoms with Crippen LogP contribution in [-0.2, 0) is 4.79 Å². The largest absolute Gasteiger partial charge is 0.497 e. The topological polar surface area (TPSA) is 51.7 Å². The molecular weight excluding hydrogens is 366 g/mol. The number of methoxy groups -OCH3 is 2. The van der Waals surface area contributed by atoms with E-state index < -0.39 is 23.6 Å². The molecule has 0 unspecified atom stereocenters. The van der Waals surface area contributed by atoms with Crippen molar-refractivity contribution >= 4 is 11.7 Å². The number of hydrogen-bond acceptors (Lipinski definition) is 4. The molecule has 4 rings (SSSR count). The zero-order chi connectivity index (χ0) is 20.0. The Morgan fingerprint density at radius 1 is 1.04 bits per heavy atom. The number of amides is 1. The molecule has 0 bridgehead atoms. The maximum atomic E-state index is 14.6. The van der Waals surface area contributed by atoms with Gasteiger partial charge >= 0.3 is 0 Å². The average molecular weight is 388 g/mol. The summed E-state index contributed by atoms with van der Waals surface area (Å²) in [5.74, 6) is -0.662. The standard InChI is InChI=1S/C21H22F2N2O3/c1-11-15(21-16(22)6-13(27-2)7-17(21)23)10-20(26)25(11)19-9-14(28-3)8-18(24-19)12-4-5-12/h6-9,11-12,15H,4-5,10H2,1-3H3/t11-,15-/m0/s1. The van der Waals surface area contributed by atoms with Gasteiger partial charge in [0, 0.05) is 59.8 Å². The Morgan fingerprint density at radius 2 is 1.64 bits per heavy atom. The zero-order valence-electron chi connectivity index (χ0n) is 16.0. The van der Waals surface area contributed by atoms with E-state index in [0.717, 1.165) is 30.7 Å². The molecule has 2 fully saturated rings. The number of pyridine rings is 1. The predicted molar refractivity (Wildman–Crippen MR) is 100.0 cm³/mol. The molecule has 1 saturated heterocycles. The number of rotatable bonds is 5. The SMILES string of the molecule is COc1cc(C2CC2)nc(N2C(=O)C[C@H](c3c(F)cc(OC)cc3F)[C@@H]2C)c1. The van der Waals surface area contributed by atoms with E-state index in [0.29, 0.717) is 17.5 Å². The van der Waals surface area contributed by atoms with E-state index in [1.54, 1.807) is 20.1 Å². The van der Waals surface area contributed by atoms with E-state index in [1.165, 1.54) is 12.0 Å². The highest BCUT2D eigenvalue weighted by Gasteiger charge is 2.42. The number of carbonyl (C=O) groups is 1. The number of carbonyl (C=O) groups excluding carboxylic acids is 1. The van der Waals surface area contributed by atoms with Crippen LogP contribution in [0.1, 0.15) is 49.3 Å². The highest BCUT2D eigenvalue weighted by atomic mass is 19.1. The van der Waals surface area contributed by atoms with Crippen molar-refractivity contribution in [2.75, 3.05) is 19.1 Å². The Bertz CT molecular complexity index is 907. The van der Waals surface area contributed by atoms with Gasteiger partial charge in [-0.15, -0.1) is 0 Å². The van der Waals surface area contributed by atoms with Crippen LogP contribution in [-0.4, -0.2) is 31.2 Å². The Morgan fingerprint density at radius 3 is 2.21 bits per heavy atom. The minimum absolute atomic E-state index is 0.0129. The predicted octanol–water partition coefficient (Wildman–Crippen LogP) is 4.16. The summed E-state index contributed by atoms with van der Waals surface area (Å²) in [5, 5.41) is 0. The number of ether oxygens (including phenoxy) is 2. The first kappa shape index (κ1) is 18.7. The van der Waals surface area contributed by atoms with Gasteiger partial charge in [-0.3, -0.25) is 9.69 Å². The van der Waals surface area contributed by atoms with Crippen LogP contribution in [0, 0.1) is 11.6 Å². The van der Waals surface area contributed by atoms with Crippen LogP contribution in [0.3, 0.4) is 0 Å². The molecule has 2 heterocycles. The fraction of sp³-hybridized carbons (Fsp3) is 0.429. The molecule has 1 saturated carbocycles. The molecule has 0 spiro atoms. The van der Waals surface area contributed by atoms with Crippen molar-refractivity contribution in [3.63, 3.8) is 0 Å². The van der Waals surface area contributed by atoms with Crippen molar-refractivity contribution in [2.45, 2.75) is 44.1 Å². The number of anilines is 1. The first-order chi connectivity index (χ1) is 13.4. The van der Waals surface area contributed by atoms with Crippen LogP contribution in [0.4, 0.5) is 14.6 Å². The van der Waals surface area contributed by atoms with Crippen molar-refractivity contribution in [2.24, 2.45) is 0 Å². The summed E-state index contributed by atoms with van der Waals surface area (Å²) >= 11 is 0. The maximum absolute atomic E-state index is 14.6. The van der Waals surface area contributed by atoms with Gasteiger partial charge in [0.05, 0.1) is 14.2 Å². The summed E-state index contributed by atoms with van der Waals surface area (Å²) in [7, 11) is 2.92. The zero-order valence-corrected chi connectivity index (χ0v) is 16.0. The number of benzene rings is 1. The quantitative estimate of drug-likeness (QED) is 0.772. The molecule has 7 heteroatoms. The molecule has 1 aromatic carbocycles. The van der Waals surface area contributed by atoms with Gasteiger partial charge in [0.2, 0.25) is 5.91 Å². The molecule has 2 atom stereocenters. The highest BCUT2D eigenvalue weighted by molar-refractivity contribution is 5.96. The van der Waals surface area contributed by atoms with Gasteiger partial charge in [0.25, 0.3) is 0 Å². The van der Waals surface area contributed by atoms with Crippen molar-refractivity contribution < 1.29 is 23.0 Å². The molecule has 1 aromatic heterocycles. The van der Waals surface area contributed by atoms with E-state index in [9.17, 15) is 13.6 Å². The van der Waals surface area contributed by atoms with Crippen LogP contribution < -0.4 is 14.4 Å². The van der Waals surface area contributed by atoms with E-state index in [4.69, 9.17) is 9.47 Å². The lowest BCUT2D eigenvalue weighted by molar-refractivity contribution is -0.117. The van der Waals surface area contributed by atoms with E-state index >= 15 is 0 Å². The number of nitrogens with zero attached hydrogens (tertiary/aromatic N) is 2. The molecule has 0 N–H and O–H groups in total. The normalized spacial score (nSPS) is 21.9. The average Bonchev–Trinajstić information content (AvgIpc) is 3.47. The van der Waals surface area contributed by atoms with E-state index in [2.05, 4.69) is 4.98 Å². The third-order valence-corrected chi connectivity index (χ3v) is 5.60. The van der Waals surface area contributed by atoms with Crippen LogP contribution in [0.15, 0.2) is 24.3 Å². The summed E-state index contributed by atoms with van der Waals surface area (Å²) in [6.07, 6.45) is 2.14. The first-order valence-corrected chi connectivity index (χ1v) is 9.34. The van der Waals surface area contributed by atoms with Gasteiger partial charge in [-0.1, -0.05) is 0 Å². The lowest BCUT2D eigenvalue weighted by Gasteiger charge is -2.25. The van der Waals surface area contributed by atoms with Gasteiger partial charge in [-0.05, 0) is 19.8 Å². The summed E-state index contributed by atoms with van der Waals surface area (Å²) in [6.45, 7) is 1.79. The smallest absolute Gasteiger partial charge is 0.229 e. The number of aromatic nitrogens is 1. The third kappa shape index (κ3) is 3.19. The Balaban J connectivity index is 1.71. The molecule has 5 nitrogen and oxygen atoms in total. The molecule has 148 valence electrons. The molecule has 1 amide bonds. The van der Waals surface area contributed by atoms with E-state index in [1.807, 2.05) is 6.07 Å². The molecule has 2 aromatic rings. The van der Waals surface area contributed by atoms with Crippen molar-refractivity contribution in [1.29, 1.82) is 0 Å². The first-order valence-electron chi connectivity index (χ1n) is 9.34. The van der Waals surface area contributed by atoms with Gasteiger partial charge in [-0.25, -0.2) is 13.8 Å². The van der Waals surface area contributed by atoms with E-state index in [-0.39, 0.29) is 23.6 Å². The monoisotopic (exact) mass is 388 g/mol. The minimum atomic E-state index is -0.708. The maximum Gasteiger partial charge on any atom is 0.229 e. The van der Waals surface area contributed by atoms with Crippen LogP contribution in [0.5, 0.6) is 11.5 Å². The molecule has 2 aliphatic rings. The summed E-state index contributed by atoms with van der Waals surface area (Å²) in [4.78, 5) is 19.0. The minimum Gasteiger partial charge on any atom is -0.497 e. The second kappa shape index (κ2) is 7.04. The second-order valence-corrected chi connectivity index (χ2v) is 7.38. The number of halogens is 2. The lowest BCUT2D eigenvalue weighted by Crippen LogP contribution is -2.33. The second-order valence-electron chi connectivity index (χ2n) is 7.38. The summed E-state index contributed by atoms with van der Waals surface area (Å²) in [5.41, 5.74) is 0.800.